The van der Waals surface area contributed by atoms with Crippen LogP contribution in [-0.4, -0.2) is 32.3 Å². The van der Waals surface area contributed by atoms with Crippen LogP contribution in [0.15, 0.2) is 18.2 Å². The van der Waals surface area contributed by atoms with Crippen LogP contribution in [0, 0.1) is 0 Å². The molecule has 0 aromatic heterocycles. The van der Waals surface area contributed by atoms with Gasteiger partial charge in [-0.3, -0.25) is 0 Å². The minimum atomic E-state index is 0.643. The zero-order valence-electron chi connectivity index (χ0n) is 11.1. The maximum absolute atomic E-state index is 5.75. The number of hydrogen-bond donors (Lipinski definition) is 1. The lowest BCUT2D eigenvalue weighted by Crippen LogP contribution is -2.36. The van der Waals surface area contributed by atoms with E-state index in [1.807, 2.05) is 0 Å². The zero-order chi connectivity index (χ0) is 12.4. The Hall–Kier alpha value is -1.22. The molecule has 3 heteroatoms. The standard InChI is InChI=1S/C15H22N2O/c1-2-8-18-14-5-4-12-9-13-11-16-6-3-7-17(13)15(12)10-14/h4-5,10,13,16H,2-3,6-9,11H2,1H3. The highest BCUT2D eigenvalue weighted by Crippen LogP contribution is 2.35. The van der Waals surface area contributed by atoms with Crippen molar-refractivity contribution in [3.05, 3.63) is 23.8 Å². The van der Waals surface area contributed by atoms with Crippen molar-refractivity contribution in [2.45, 2.75) is 32.2 Å². The van der Waals surface area contributed by atoms with Crippen molar-refractivity contribution in [1.29, 1.82) is 0 Å². The molecule has 98 valence electrons. The van der Waals surface area contributed by atoms with Crippen LogP contribution in [0.25, 0.3) is 0 Å². The van der Waals surface area contributed by atoms with Crippen molar-refractivity contribution in [2.75, 3.05) is 31.1 Å². The zero-order valence-corrected chi connectivity index (χ0v) is 11.1. The van der Waals surface area contributed by atoms with Gasteiger partial charge in [-0.1, -0.05) is 13.0 Å². The van der Waals surface area contributed by atoms with Gasteiger partial charge in [-0.05, 0) is 37.4 Å². The van der Waals surface area contributed by atoms with Crippen LogP contribution in [0.1, 0.15) is 25.3 Å². The average Bonchev–Trinajstić information content (AvgIpc) is 2.58. The van der Waals surface area contributed by atoms with E-state index in [1.165, 1.54) is 30.6 Å². The number of nitrogens with zero attached hydrogens (tertiary/aromatic N) is 1. The molecule has 1 N–H and O–H groups in total. The molecule has 0 amide bonds. The Kier molecular flexibility index (Phi) is 3.41. The first kappa shape index (κ1) is 11.8. The van der Waals surface area contributed by atoms with E-state index in [0.29, 0.717) is 6.04 Å². The minimum Gasteiger partial charge on any atom is -0.494 e. The molecular weight excluding hydrogens is 224 g/mol. The molecule has 0 aliphatic carbocycles. The van der Waals surface area contributed by atoms with Gasteiger partial charge in [0, 0.05) is 30.9 Å². The van der Waals surface area contributed by atoms with Crippen molar-refractivity contribution < 1.29 is 4.74 Å². The van der Waals surface area contributed by atoms with Crippen LogP contribution in [0.4, 0.5) is 5.69 Å². The van der Waals surface area contributed by atoms with E-state index in [1.54, 1.807) is 0 Å². The molecule has 2 aliphatic rings. The average molecular weight is 246 g/mol. The molecule has 0 radical (unpaired) electrons. The van der Waals surface area contributed by atoms with E-state index in [4.69, 9.17) is 4.74 Å². The lowest BCUT2D eigenvalue weighted by Gasteiger charge is -2.24. The molecule has 3 rings (SSSR count). The molecule has 18 heavy (non-hydrogen) atoms. The second kappa shape index (κ2) is 5.19. The summed E-state index contributed by atoms with van der Waals surface area (Å²) in [4.78, 5) is 2.56. The normalized spacial score (nSPS) is 22.3. The predicted octanol–water partition coefficient (Wildman–Crippen LogP) is 2.20. The third kappa shape index (κ3) is 2.19. The quantitative estimate of drug-likeness (QED) is 0.885. The van der Waals surface area contributed by atoms with Gasteiger partial charge in [0.2, 0.25) is 0 Å². The summed E-state index contributed by atoms with van der Waals surface area (Å²) in [6.45, 7) is 6.38. The fraction of sp³-hybridized carbons (Fsp3) is 0.600. The summed E-state index contributed by atoms with van der Waals surface area (Å²) in [7, 11) is 0. The topological polar surface area (TPSA) is 24.5 Å². The summed E-state index contributed by atoms with van der Waals surface area (Å²) in [6.07, 6.45) is 3.47. The van der Waals surface area contributed by atoms with E-state index in [0.717, 1.165) is 31.9 Å². The largest absolute Gasteiger partial charge is 0.494 e. The highest BCUT2D eigenvalue weighted by molar-refractivity contribution is 5.62. The first-order valence-electron chi connectivity index (χ1n) is 7.11. The van der Waals surface area contributed by atoms with Crippen LogP contribution < -0.4 is 15.0 Å². The summed E-state index contributed by atoms with van der Waals surface area (Å²) < 4.78 is 5.75. The van der Waals surface area contributed by atoms with Crippen molar-refractivity contribution >= 4 is 5.69 Å². The lowest BCUT2D eigenvalue weighted by atomic mass is 10.1. The first-order valence-corrected chi connectivity index (χ1v) is 7.11. The molecule has 1 saturated heterocycles. The van der Waals surface area contributed by atoms with Crippen LogP contribution >= 0.6 is 0 Å². The summed E-state index contributed by atoms with van der Waals surface area (Å²) in [5, 5.41) is 3.53. The van der Waals surface area contributed by atoms with Gasteiger partial charge in [-0.2, -0.15) is 0 Å². The lowest BCUT2D eigenvalue weighted by molar-refractivity contribution is 0.317. The van der Waals surface area contributed by atoms with E-state index < -0.39 is 0 Å². The summed E-state index contributed by atoms with van der Waals surface area (Å²) in [5.41, 5.74) is 2.88. The van der Waals surface area contributed by atoms with E-state index >= 15 is 0 Å². The van der Waals surface area contributed by atoms with Gasteiger partial charge in [-0.25, -0.2) is 0 Å². The monoisotopic (exact) mass is 246 g/mol. The van der Waals surface area contributed by atoms with E-state index in [2.05, 4.69) is 35.3 Å². The number of fused-ring (bicyclic) bond motifs is 3. The van der Waals surface area contributed by atoms with Gasteiger partial charge >= 0.3 is 0 Å². The van der Waals surface area contributed by atoms with Crippen LogP contribution in [0.3, 0.4) is 0 Å². The molecule has 3 nitrogen and oxygen atoms in total. The Morgan fingerprint density at radius 2 is 2.39 bits per heavy atom. The molecule has 2 heterocycles. The van der Waals surface area contributed by atoms with Gasteiger partial charge in [0.15, 0.2) is 0 Å². The molecule has 1 aromatic rings. The number of nitrogens with one attached hydrogen (secondary N) is 1. The second-order valence-corrected chi connectivity index (χ2v) is 5.25. The Morgan fingerprint density at radius 3 is 3.28 bits per heavy atom. The SMILES string of the molecule is CCCOc1ccc2c(c1)N1CCCNCC1C2. The fourth-order valence-corrected chi connectivity index (χ4v) is 2.98. The van der Waals surface area contributed by atoms with E-state index in [-0.39, 0.29) is 0 Å². The number of rotatable bonds is 3. The smallest absolute Gasteiger partial charge is 0.121 e. The van der Waals surface area contributed by atoms with Crippen molar-refractivity contribution in [1.82, 2.24) is 5.32 Å². The molecule has 0 bridgehead atoms. The Morgan fingerprint density at radius 1 is 1.44 bits per heavy atom. The van der Waals surface area contributed by atoms with Crippen molar-refractivity contribution in [2.24, 2.45) is 0 Å². The molecule has 1 unspecified atom stereocenters. The van der Waals surface area contributed by atoms with Gasteiger partial charge in [0.1, 0.15) is 5.75 Å². The number of hydrogen-bond acceptors (Lipinski definition) is 3. The second-order valence-electron chi connectivity index (χ2n) is 5.25. The van der Waals surface area contributed by atoms with Gasteiger partial charge in [-0.15, -0.1) is 0 Å². The maximum atomic E-state index is 5.75. The molecule has 1 aromatic carbocycles. The molecular formula is C15H22N2O. The molecule has 0 spiro atoms. The third-order valence-corrected chi connectivity index (χ3v) is 3.87. The Labute approximate surface area is 109 Å². The van der Waals surface area contributed by atoms with Gasteiger partial charge in [0.05, 0.1) is 6.61 Å². The summed E-state index contributed by atoms with van der Waals surface area (Å²) >= 11 is 0. The molecule has 1 atom stereocenters. The number of anilines is 1. The van der Waals surface area contributed by atoms with Gasteiger partial charge < -0.3 is 15.0 Å². The van der Waals surface area contributed by atoms with Crippen molar-refractivity contribution in [3.8, 4) is 5.75 Å². The summed E-state index contributed by atoms with van der Waals surface area (Å²) in [6, 6.07) is 7.24. The Bertz CT molecular complexity index is 419. The van der Waals surface area contributed by atoms with Crippen LogP contribution in [0.2, 0.25) is 0 Å². The number of benzene rings is 1. The highest BCUT2D eigenvalue weighted by atomic mass is 16.5. The maximum Gasteiger partial charge on any atom is 0.121 e. The van der Waals surface area contributed by atoms with Crippen LogP contribution in [0.5, 0.6) is 5.75 Å². The molecule has 1 fully saturated rings. The van der Waals surface area contributed by atoms with Crippen molar-refractivity contribution in [3.63, 3.8) is 0 Å². The first-order chi connectivity index (χ1) is 8.88. The third-order valence-electron chi connectivity index (χ3n) is 3.87. The molecule has 2 aliphatic heterocycles. The fourth-order valence-electron chi connectivity index (χ4n) is 2.98. The molecule has 0 saturated carbocycles. The summed E-state index contributed by atoms with van der Waals surface area (Å²) in [5.74, 6) is 1.02. The Balaban J connectivity index is 1.82. The highest BCUT2D eigenvalue weighted by Gasteiger charge is 2.30. The minimum absolute atomic E-state index is 0.643. The predicted molar refractivity (Wildman–Crippen MR) is 74.6 cm³/mol. The van der Waals surface area contributed by atoms with Gasteiger partial charge in [0.25, 0.3) is 0 Å². The van der Waals surface area contributed by atoms with E-state index in [9.17, 15) is 0 Å². The number of ether oxygens (including phenoxy) is 1. The van der Waals surface area contributed by atoms with Crippen LogP contribution in [-0.2, 0) is 6.42 Å².